The van der Waals surface area contributed by atoms with Crippen LogP contribution in [0.2, 0.25) is 0 Å². The molecule has 1 heterocycles. The Hall–Kier alpha value is -1.10. The first-order valence-corrected chi connectivity index (χ1v) is 6.88. The molecule has 0 unspecified atom stereocenters. The Kier molecular flexibility index (Phi) is 4.80. The Labute approximate surface area is 115 Å². The molecule has 3 atom stereocenters. The van der Waals surface area contributed by atoms with Crippen LogP contribution in [0.1, 0.15) is 19.4 Å². The molecule has 0 spiro atoms. The highest BCUT2D eigenvalue weighted by molar-refractivity contribution is 5.28. The van der Waals surface area contributed by atoms with Gasteiger partial charge in [0, 0.05) is 31.7 Å². The maximum Gasteiger partial charge on any atom is 0.119 e. The first-order chi connectivity index (χ1) is 9.10. The summed E-state index contributed by atoms with van der Waals surface area (Å²) in [5, 5.41) is 13.3. The fraction of sp³-hybridized carbons (Fsp3) is 0.600. The number of methoxy groups -OCH3 is 1. The summed E-state index contributed by atoms with van der Waals surface area (Å²) < 4.78 is 5.26. The Bertz CT molecular complexity index is 409. The van der Waals surface area contributed by atoms with Gasteiger partial charge in [-0.1, -0.05) is 12.1 Å². The van der Waals surface area contributed by atoms with Crippen LogP contribution < -0.4 is 10.1 Å². The van der Waals surface area contributed by atoms with Gasteiger partial charge < -0.3 is 15.2 Å². The molecule has 4 heteroatoms. The molecule has 0 aromatic heterocycles. The topological polar surface area (TPSA) is 44.7 Å². The maximum absolute atomic E-state index is 9.91. The molecule has 0 amide bonds. The molecule has 0 aliphatic carbocycles. The van der Waals surface area contributed by atoms with Crippen molar-refractivity contribution >= 4 is 0 Å². The molecule has 1 aromatic carbocycles. The monoisotopic (exact) mass is 264 g/mol. The second-order valence-corrected chi connectivity index (χ2v) is 5.40. The van der Waals surface area contributed by atoms with E-state index in [-0.39, 0.29) is 12.1 Å². The van der Waals surface area contributed by atoms with Crippen LogP contribution in [0.3, 0.4) is 0 Å². The number of ether oxygens (including phenoxy) is 1. The highest BCUT2D eigenvalue weighted by atomic mass is 16.5. The summed E-state index contributed by atoms with van der Waals surface area (Å²) in [6.45, 7) is 6.67. The van der Waals surface area contributed by atoms with Gasteiger partial charge in [0.15, 0.2) is 0 Å². The molecule has 0 saturated carbocycles. The van der Waals surface area contributed by atoms with E-state index in [1.165, 1.54) is 5.56 Å². The van der Waals surface area contributed by atoms with Crippen molar-refractivity contribution in [3.63, 3.8) is 0 Å². The van der Waals surface area contributed by atoms with Crippen LogP contribution >= 0.6 is 0 Å². The lowest BCUT2D eigenvalue weighted by Crippen LogP contribution is -2.58. The highest BCUT2D eigenvalue weighted by Gasteiger charge is 2.28. The van der Waals surface area contributed by atoms with E-state index in [2.05, 4.69) is 29.3 Å². The lowest BCUT2D eigenvalue weighted by atomic mass is 10.0. The van der Waals surface area contributed by atoms with E-state index in [4.69, 9.17) is 4.74 Å². The number of piperazine rings is 1. The largest absolute Gasteiger partial charge is 0.497 e. The quantitative estimate of drug-likeness (QED) is 0.859. The Morgan fingerprint density at radius 1 is 1.53 bits per heavy atom. The predicted octanol–water partition coefficient (Wildman–Crippen LogP) is 1.24. The third kappa shape index (κ3) is 3.69. The molecule has 106 valence electrons. The van der Waals surface area contributed by atoms with Crippen molar-refractivity contribution in [3.8, 4) is 5.75 Å². The van der Waals surface area contributed by atoms with Gasteiger partial charge in [-0.15, -0.1) is 0 Å². The third-order valence-corrected chi connectivity index (χ3v) is 3.73. The van der Waals surface area contributed by atoms with E-state index in [1.807, 2.05) is 19.1 Å². The molecule has 1 aliphatic heterocycles. The molecule has 2 N–H and O–H groups in total. The van der Waals surface area contributed by atoms with Gasteiger partial charge in [0.1, 0.15) is 5.75 Å². The molecular weight excluding hydrogens is 240 g/mol. The van der Waals surface area contributed by atoms with Gasteiger partial charge in [-0.2, -0.15) is 0 Å². The van der Waals surface area contributed by atoms with E-state index < -0.39 is 0 Å². The second-order valence-electron chi connectivity index (χ2n) is 5.40. The van der Waals surface area contributed by atoms with E-state index in [0.717, 1.165) is 25.4 Å². The van der Waals surface area contributed by atoms with Crippen molar-refractivity contribution < 1.29 is 9.84 Å². The molecule has 19 heavy (non-hydrogen) atoms. The lowest BCUT2D eigenvalue weighted by Gasteiger charge is -2.40. The summed E-state index contributed by atoms with van der Waals surface area (Å²) in [7, 11) is 1.69. The van der Waals surface area contributed by atoms with Crippen LogP contribution in [-0.4, -0.2) is 48.4 Å². The average Bonchev–Trinajstić information content (AvgIpc) is 2.38. The number of benzene rings is 1. The number of nitrogens with zero attached hydrogens (tertiary/aromatic N) is 1. The average molecular weight is 264 g/mol. The van der Waals surface area contributed by atoms with Crippen LogP contribution in [0.5, 0.6) is 5.75 Å². The molecular formula is C15H24N2O2. The fourth-order valence-corrected chi connectivity index (χ4v) is 2.67. The number of rotatable bonds is 4. The molecule has 2 rings (SSSR count). The zero-order valence-electron chi connectivity index (χ0n) is 12.0. The standard InChI is InChI=1S/C15H24N2O2/c1-11-9-17(15(8-16-11)12(2)18)10-13-5-4-6-14(7-13)19-3/h4-7,11-12,15-16,18H,8-10H2,1-3H3/t11-,12-,15-/m0/s1. The van der Waals surface area contributed by atoms with Gasteiger partial charge in [-0.25, -0.2) is 0 Å². The minimum atomic E-state index is -0.328. The van der Waals surface area contributed by atoms with Crippen molar-refractivity contribution in [2.24, 2.45) is 0 Å². The summed E-state index contributed by atoms with van der Waals surface area (Å²) in [5.74, 6) is 0.884. The minimum Gasteiger partial charge on any atom is -0.497 e. The summed E-state index contributed by atoms with van der Waals surface area (Å²) in [6.07, 6.45) is -0.328. The van der Waals surface area contributed by atoms with Crippen LogP contribution in [0, 0.1) is 0 Å². The smallest absolute Gasteiger partial charge is 0.119 e. The Morgan fingerprint density at radius 3 is 3.00 bits per heavy atom. The van der Waals surface area contributed by atoms with E-state index >= 15 is 0 Å². The summed E-state index contributed by atoms with van der Waals surface area (Å²) in [5.41, 5.74) is 1.22. The van der Waals surface area contributed by atoms with Crippen molar-refractivity contribution in [3.05, 3.63) is 29.8 Å². The van der Waals surface area contributed by atoms with Crippen LogP contribution in [0.15, 0.2) is 24.3 Å². The zero-order valence-corrected chi connectivity index (χ0v) is 12.0. The van der Waals surface area contributed by atoms with Gasteiger partial charge in [0.2, 0.25) is 0 Å². The summed E-state index contributed by atoms with van der Waals surface area (Å²) >= 11 is 0. The lowest BCUT2D eigenvalue weighted by molar-refractivity contribution is 0.0291. The molecule has 1 aliphatic rings. The first-order valence-electron chi connectivity index (χ1n) is 6.88. The highest BCUT2D eigenvalue weighted by Crippen LogP contribution is 2.18. The van der Waals surface area contributed by atoms with Gasteiger partial charge in [-0.3, -0.25) is 4.90 Å². The molecule has 1 fully saturated rings. The predicted molar refractivity (Wildman–Crippen MR) is 76.3 cm³/mol. The molecule has 4 nitrogen and oxygen atoms in total. The normalized spacial score (nSPS) is 26.1. The SMILES string of the molecule is COc1cccc(CN2C[C@H](C)NC[C@H]2[C@H](C)O)c1. The molecule has 0 radical (unpaired) electrons. The van der Waals surface area contributed by atoms with E-state index in [0.29, 0.717) is 6.04 Å². The Balaban J connectivity index is 2.09. The Morgan fingerprint density at radius 2 is 2.32 bits per heavy atom. The van der Waals surface area contributed by atoms with E-state index in [1.54, 1.807) is 7.11 Å². The third-order valence-electron chi connectivity index (χ3n) is 3.73. The summed E-state index contributed by atoms with van der Waals surface area (Å²) in [6, 6.07) is 8.76. The second kappa shape index (κ2) is 6.37. The minimum absolute atomic E-state index is 0.169. The van der Waals surface area contributed by atoms with Gasteiger partial charge in [0.25, 0.3) is 0 Å². The number of hydrogen-bond donors (Lipinski definition) is 2. The first kappa shape index (κ1) is 14.3. The summed E-state index contributed by atoms with van der Waals surface area (Å²) in [4.78, 5) is 2.35. The number of hydrogen-bond acceptors (Lipinski definition) is 4. The number of aliphatic hydroxyl groups excluding tert-OH is 1. The van der Waals surface area contributed by atoms with Crippen molar-refractivity contribution in [1.82, 2.24) is 10.2 Å². The van der Waals surface area contributed by atoms with Crippen molar-refractivity contribution in [1.29, 1.82) is 0 Å². The van der Waals surface area contributed by atoms with E-state index in [9.17, 15) is 5.11 Å². The number of nitrogens with one attached hydrogen (secondary N) is 1. The maximum atomic E-state index is 9.91. The van der Waals surface area contributed by atoms with Crippen LogP contribution in [0.4, 0.5) is 0 Å². The molecule has 1 saturated heterocycles. The zero-order chi connectivity index (χ0) is 13.8. The molecule has 0 bridgehead atoms. The van der Waals surface area contributed by atoms with Crippen molar-refractivity contribution in [2.75, 3.05) is 20.2 Å². The van der Waals surface area contributed by atoms with Gasteiger partial charge >= 0.3 is 0 Å². The van der Waals surface area contributed by atoms with Gasteiger partial charge in [-0.05, 0) is 31.5 Å². The van der Waals surface area contributed by atoms with Gasteiger partial charge in [0.05, 0.1) is 13.2 Å². The van der Waals surface area contributed by atoms with Crippen LogP contribution in [-0.2, 0) is 6.54 Å². The number of aliphatic hydroxyl groups is 1. The molecule has 1 aromatic rings. The van der Waals surface area contributed by atoms with Crippen LogP contribution in [0.25, 0.3) is 0 Å². The fourth-order valence-electron chi connectivity index (χ4n) is 2.67. The van der Waals surface area contributed by atoms with Crippen molar-refractivity contribution in [2.45, 2.75) is 38.6 Å².